The normalized spacial score (nSPS) is 16.9. The molecule has 7 nitrogen and oxygen atoms in total. The van der Waals surface area contributed by atoms with E-state index in [4.69, 9.17) is 5.73 Å². The molecule has 4 rings (SSSR count). The van der Waals surface area contributed by atoms with E-state index in [-0.39, 0.29) is 27.8 Å². The summed E-state index contributed by atoms with van der Waals surface area (Å²) in [6.45, 7) is 0.844. The van der Waals surface area contributed by atoms with E-state index >= 15 is 0 Å². The molecule has 0 bridgehead atoms. The minimum absolute atomic E-state index is 0.0270. The van der Waals surface area contributed by atoms with Gasteiger partial charge in [0, 0.05) is 13.6 Å². The van der Waals surface area contributed by atoms with Crippen molar-refractivity contribution in [1.82, 2.24) is 14.8 Å². The number of nitrogens with two attached hydrogens (primary N) is 1. The Morgan fingerprint density at radius 3 is 2.77 bits per heavy atom. The molecular weight excluding hydrogens is 429 g/mol. The maximum atomic E-state index is 14.1. The van der Waals surface area contributed by atoms with Crippen molar-refractivity contribution in [3.05, 3.63) is 41.7 Å². The summed E-state index contributed by atoms with van der Waals surface area (Å²) in [5.41, 5.74) is 5.83. The second-order valence-corrected chi connectivity index (χ2v) is 8.36. The third kappa shape index (κ3) is 4.22. The highest BCUT2D eigenvalue weighted by Gasteiger charge is 2.26. The number of amides is 1. The third-order valence-corrected chi connectivity index (χ3v) is 6.02. The lowest BCUT2D eigenvalue weighted by molar-refractivity contribution is 0.102. The number of nitrogens with zero attached hydrogens (tertiary/aromatic N) is 4. The summed E-state index contributed by atoms with van der Waals surface area (Å²) in [6.07, 6.45) is 2.62. The van der Waals surface area contributed by atoms with Gasteiger partial charge in [-0.3, -0.25) is 9.48 Å². The Balaban J connectivity index is 1.61. The van der Waals surface area contributed by atoms with E-state index in [0.717, 1.165) is 36.3 Å². The lowest BCUT2D eigenvalue weighted by atomic mass is 10.2. The van der Waals surface area contributed by atoms with Crippen molar-refractivity contribution < 1.29 is 18.0 Å². The van der Waals surface area contributed by atoms with Crippen LogP contribution in [0.1, 0.15) is 29.8 Å². The zero-order valence-corrected chi connectivity index (χ0v) is 17.6. The van der Waals surface area contributed by atoms with E-state index in [1.165, 1.54) is 12.3 Å². The van der Waals surface area contributed by atoms with Crippen LogP contribution < -0.4 is 16.0 Å². The van der Waals surface area contributed by atoms with E-state index in [2.05, 4.69) is 15.4 Å². The van der Waals surface area contributed by atoms with Crippen molar-refractivity contribution in [2.45, 2.75) is 25.4 Å². The first-order valence-corrected chi connectivity index (χ1v) is 10.6. The van der Waals surface area contributed by atoms with Gasteiger partial charge in [0.05, 0.1) is 18.3 Å². The molecule has 1 fully saturated rings. The Morgan fingerprint density at radius 2 is 2.03 bits per heavy atom. The summed E-state index contributed by atoms with van der Waals surface area (Å²) in [6, 6.07) is 3.46. The largest absolute Gasteiger partial charge is 0.389 e. The van der Waals surface area contributed by atoms with Crippen LogP contribution in [0.15, 0.2) is 24.4 Å². The summed E-state index contributed by atoms with van der Waals surface area (Å²) in [7, 11) is 1.71. The Hall–Kier alpha value is -3.08. The Bertz CT molecular complexity index is 1090. The number of hydrogen-bond donors (Lipinski definition) is 2. The number of carbonyl (C=O) groups is 1. The number of aryl methyl sites for hydroxylation is 1. The van der Waals surface area contributed by atoms with Crippen LogP contribution in [-0.4, -0.2) is 39.9 Å². The molecular formula is C20H21F3N6OS. The summed E-state index contributed by atoms with van der Waals surface area (Å²) in [5, 5.41) is 6.88. The Labute approximate surface area is 180 Å². The van der Waals surface area contributed by atoms with Gasteiger partial charge in [0.25, 0.3) is 5.91 Å². The molecule has 3 N–H and O–H groups in total. The first-order chi connectivity index (χ1) is 14.8. The fourth-order valence-corrected chi connectivity index (χ4v) is 4.54. The fourth-order valence-electron chi connectivity index (χ4n) is 3.66. The van der Waals surface area contributed by atoms with Crippen LogP contribution in [0.5, 0.6) is 0 Å². The molecule has 0 aliphatic carbocycles. The number of aromatic nitrogens is 3. The highest BCUT2D eigenvalue weighted by atomic mass is 32.1. The molecule has 1 aliphatic heterocycles. The zero-order valence-electron chi connectivity index (χ0n) is 16.7. The van der Waals surface area contributed by atoms with Gasteiger partial charge in [-0.15, -0.1) is 0 Å². The van der Waals surface area contributed by atoms with Crippen molar-refractivity contribution in [3.63, 3.8) is 0 Å². The number of benzene rings is 1. The first-order valence-electron chi connectivity index (χ1n) is 9.78. The van der Waals surface area contributed by atoms with Gasteiger partial charge in [0.15, 0.2) is 11.5 Å². The van der Waals surface area contributed by atoms with Crippen molar-refractivity contribution in [2.24, 2.45) is 7.05 Å². The number of nitrogens with one attached hydrogen (secondary N) is 1. The summed E-state index contributed by atoms with van der Waals surface area (Å²) in [5.74, 6) is -1.65. The van der Waals surface area contributed by atoms with Gasteiger partial charge in [-0.1, -0.05) is 17.4 Å². The van der Waals surface area contributed by atoms with Gasteiger partial charge >= 0.3 is 0 Å². The van der Waals surface area contributed by atoms with Crippen molar-refractivity contribution in [3.8, 4) is 10.6 Å². The maximum Gasteiger partial charge on any atom is 0.277 e. The van der Waals surface area contributed by atoms with Gasteiger partial charge in [0.2, 0.25) is 0 Å². The molecule has 3 heterocycles. The molecule has 3 aromatic rings. The molecule has 0 saturated carbocycles. The third-order valence-electron chi connectivity index (χ3n) is 5.11. The highest BCUT2D eigenvalue weighted by molar-refractivity contribution is 7.19. The molecule has 164 valence electrons. The van der Waals surface area contributed by atoms with E-state index < -0.39 is 23.7 Å². The average Bonchev–Trinajstić information content (AvgIpc) is 3.18. The Kier molecular flexibility index (Phi) is 5.86. The number of halogens is 3. The average molecular weight is 450 g/mol. The molecule has 1 aromatic carbocycles. The topological polar surface area (TPSA) is 89.1 Å². The number of hydrogen-bond acceptors (Lipinski definition) is 6. The zero-order chi connectivity index (χ0) is 22.1. The predicted octanol–water partition coefficient (Wildman–Crippen LogP) is 3.98. The highest BCUT2D eigenvalue weighted by Crippen LogP contribution is 2.34. The number of carbonyl (C=O) groups excluding carboxylic acids is 1. The van der Waals surface area contributed by atoms with Gasteiger partial charge in [-0.2, -0.15) is 5.10 Å². The van der Waals surface area contributed by atoms with E-state index in [1.807, 2.05) is 4.90 Å². The smallest absolute Gasteiger partial charge is 0.277 e. The lowest BCUT2D eigenvalue weighted by Crippen LogP contribution is -2.31. The second kappa shape index (κ2) is 8.58. The van der Waals surface area contributed by atoms with E-state index in [0.29, 0.717) is 24.5 Å². The molecule has 1 aliphatic rings. The molecule has 1 unspecified atom stereocenters. The number of rotatable bonds is 4. The molecule has 1 amide bonds. The first kappa shape index (κ1) is 21.2. The van der Waals surface area contributed by atoms with Crippen LogP contribution in [0.25, 0.3) is 10.6 Å². The molecule has 0 radical (unpaired) electrons. The molecule has 1 saturated heterocycles. The summed E-state index contributed by atoms with van der Waals surface area (Å²) < 4.78 is 43.9. The van der Waals surface area contributed by atoms with Gasteiger partial charge < -0.3 is 16.0 Å². The predicted molar refractivity (Wildman–Crippen MR) is 114 cm³/mol. The van der Waals surface area contributed by atoms with Crippen LogP contribution in [0.4, 0.5) is 29.7 Å². The molecule has 31 heavy (non-hydrogen) atoms. The van der Waals surface area contributed by atoms with Crippen LogP contribution in [0.3, 0.4) is 0 Å². The molecule has 2 aromatic heterocycles. The lowest BCUT2D eigenvalue weighted by Gasteiger charge is -2.24. The van der Waals surface area contributed by atoms with Gasteiger partial charge in [-0.05, 0) is 31.4 Å². The van der Waals surface area contributed by atoms with Gasteiger partial charge in [0.1, 0.15) is 33.5 Å². The summed E-state index contributed by atoms with van der Waals surface area (Å²) >= 11 is 0.820. The van der Waals surface area contributed by atoms with E-state index in [9.17, 15) is 18.0 Å². The van der Waals surface area contributed by atoms with Crippen LogP contribution in [0.2, 0.25) is 0 Å². The van der Waals surface area contributed by atoms with E-state index in [1.54, 1.807) is 11.7 Å². The minimum atomic E-state index is -0.964. The number of thiazole rings is 1. The minimum Gasteiger partial charge on any atom is -0.389 e. The number of nitrogen functional groups attached to an aromatic ring is 1. The van der Waals surface area contributed by atoms with Crippen LogP contribution in [-0.2, 0) is 7.05 Å². The Morgan fingerprint density at radius 1 is 1.29 bits per heavy atom. The standard InChI is InChI=1S/C20H21F3N6OS/c1-28-20(29-8-3-2-5-11(21)10-29)14(9-25-28)26-18(30)16-17(24)31-19(27-16)15-12(22)6-4-7-13(15)23/h4,6-7,9,11H,2-3,5,8,10,24H2,1H3,(H,26,30). The van der Waals surface area contributed by atoms with Crippen molar-refractivity contribution in [1.29, 1.82) is 0 Å². The van der Waals surface area contributed by atoms with Gasteiger partial charge in [-0.25, -0.2) is 18.2 Å². The molecule has 11 heteroatoms. The molecule has 1 atom stereocenters. The van der Waals surface area contributed by atoms with Crippen LogP contribution >= 0.6 is 11.3 Å². The fraction of sp³-hybridized carbons (Fsp3) is 0.350. The molecule has 0 spiro atoms. The second-order valence-electron chi connectivity index (χ2n) is 7.33. The van der Waals surface area contributed by atoms with Crippen molar-refractivity contribution >= 4 is 33.8 Å². The van der Waals surface area contributed by atoms with Crippen molar-refractivity contribution in [2.75, 3.05) is 29.0 Å². The SMILES string of the molecule is Cn1ncc(NC(=O)c2nc(-c3c(F)cccc3F)sc2N)c1N1CCCCC(F)C1. The number of alkyl halides is 1. The van der Waals surface area contributed by atoms with Crippen LogP contribution in [0, 0.1) is 11.6 Å². The quantitative estimate of drug-likeness (QED) is 0.628. The monoisotopic (exact) mass is 450 g/mol. The summed E-state index contributed by atoms with van der Waals surface area (Å²) in [4.78, 5) is 18.8. The maximum absolute atomic E-state index is 14.1. The number of anilines is 3.